The van der Waals surface area contributed by atoms with E-state index in [1.165, 1.54) is 28.9 Å². The Bertz CT molecular complexity index is 981. The Morgan fingerprint density at radius 2 is 1.93 bits per heavy atom. The van der Waals surface area contributed by atoms with Crippen molar-refractivity contribution in [3.8, 4) is 0 Å². The zero-order valence-electron chi connectivity index (χ0n) is 18.5. The van der Waals surface area contributed by atoms with Crippen LogP contribution in [0.5, 0.6) is 0 Å². The number of nitrogens with one attached hydrogen (secondary N) is 1. The van der Waals surface area contributed by atoms with Gasteiger partial charge in [-0.15, -0.1) is 0 Å². The van der Waals surface area contributed by atoms with Crippen LogP contribution < -0.4 is 5.32 Å². The van der Waals surface area contributed by atoms with Crippen molar-refractivity contribution < 1.29 is 4.79 Å². The highest BCUT2D eigenvalue weighted by atomic mass is 32.2. The van der Waals surface area contributed by atoms with Crippen molar-refractivity contribution in [2.75, 3.05) is 0 Å². The highest BCUT2D eigenvalue weighted by Gasteiger charge is 2.28. The van der Waals surface area contributed by atoms with E-state index >= 15 is 0 Å². The second kappa shape index (κ2) is 8.97. The molecule has 0 bridgehead atoms. The van der Waals surface area contributed by atoms with Gasteiger partial charge in [0.1, 0.15) is 0 Å². The maximum absolute atomic E-state index is 13.0. The smallest absolute Gasteiger partial charge is 0.251 e. The van der Waals surface area contributed by atoms with Crippen LogP contribution in [0.25, 0.3) is 0 Å². The van der Waals surface area contributed by atoms with Gasteiger partial charge in [0, 0.05) is 32.7 Å². The van der Waals surface area contributed by atoms with E-state index in [-0.39, 0.29) is 11.9 Å². The molecule has 2 aromatic rings. The highest BCUT2D eigenvalue weighted by Crippen LogP contribution is 2.41. The number of rotatable bonds is 4. The van der Waals surface area contributed by atoms with Crippen molar-refractivity contribution >= 4 is 29.1 Å². The molecular formula is C26H32N2OS. The van der Waals surface area contributed by atoms with E-state index in [1.54, 1.807) is 11.8 Å². The Balaban J connectivity index is 1.64. The first-order chi connectivity index (χ1) is 14.5. The topological polar surface area (TPSA) is 41.5 Å². The number of nitrogens with zero attached hydrogens (tertiary/aromatic N) is 1. The lowest BCUT2D eigenvalue weighted by Crippen LogP contribution is -2.43. The first-order valence-corrected chi connectivity index (χ1v) is 12.1. The number of hydrogen-bond acceptors (Lipinski definition) is 3. The third-order valence-corrected chi connectivity index (χ3v) is 7.79. The third-order valence-electron chi connectivity index (χ3n) is 6.65. The zero-order valence-corrected chi connectivity index (χ0v) is 19.3. The molecule has 4 rings (SSSR count). The molecule has 1 amide bonds. The molecule has 1 aliphatic carbocycles. The van der Waals surface area contributed by atoms with Crippen LogP contribution in [0.4, 0.5) is 5.69 Å². The summed E-state index contributed by atoms with van der Waals surface area (Å²) < 4.78 is 0. The van der Waals surface area contributed by atoms with Crippen LogP contribution in [0.15, 0.2) is 51.2 Å². The Labute approximate surface area is 184 Å². The average molecular weight is 421 g/mol. The van der Waals surface area contributed by atoms with Crippen molar-refractivity contribution in [2.45, 2.75) is 75.6 Å². The predicted octanol–water partition coefficient (Wildman–Crippen LogP) is 6.94. The van der Waals surface area contributed by atoms with Crippen LogP contribution in [-0.4, -0.2) is 17.7 Å². The Kier molecular flexibility index (Phi) is 6.33. The molecule has 1 aliphatic heterocycles. The molecule has 3 atom stereocenters. The van der Waals surface area contributed by atoms with Gasteiger partial charge in [-0.25, -0.2) is 0 Å². The van der Waals surface area contributed by atoms with Gasteiger partial charge in [0.2, 0.25) is 0 Å². The summed E-state index contributed by atoms with van der Waals surface area (Å²) in [4.78, 5) is 20.4. The molecule has 0 spiro atoms. The van der Waals surface area contributed by atoms with Crippen molar-refractivity contribution in [3.63, 3.8) is 0 Å². The molecule has 3 nitrogen and oxygen atoms in total. The summed E-state index contributed by atoms with van der Waals surface area (Å²) in [5, 5.41) is 3.30. The number of aliphatic imine (C=N–C) groups is 1. The standard InChI is InChI=1S/C26H32N2OS/c1-5-7-22-20-14-16(2)10-12-24(20)30-25-13-11-19(15-23(25)27-22)26(29)28-21-9-6-8-17(3)18(21)4/h10-15,17-18,21H,5-9H2,1-4H3,(H,28,29). The van der Waals surface area contributed by atoms with Crippen molar-refractivity contribution in [2.24, 2.45) is 16.8 Å². The molecule has 1 fully saturated rings. The first-order valence-electron chi connectivity index (χ1n) is 11.3. The van der Waals surface area contributed by atoms with E-state index < -0.39 is 0 Å². The highest BCUT2D eigenvalue weighted by molar-refractivity contribution is 7.99. The fraction of sp³-hybridized carbons (Fsp3) is 0.462. The van der Waals surface area contributed by atoms with Gasteiger partial charge in [-0.05, 0) is 61.9 Å². The maximum atomic E-state index is 13.0. The largest absolute Gasteiger partial charge is 0.349 e. The van der Waals surface area contributed by atoms with Gasteiger partial charge in [0.25, 0.3) is 5.91 Å². The van der Waals surface area contributed by atoms with E-state index in [0.29, 0.717) is 17.4 Å². The lowest BCUT2D eigenvalue weighted by molar-refractivity contribution is 0.0891. The molecule has 2 aliphatic rings. The fourth-order valence-corrected chi connectivity index (χ4v) is 5.58. The van der Waals surface area contributed by atoms with Crippen molar-refractivity contribution in [3.05, 3.63) is 53.1 Å². The summed E-state index contributed by atoms with van der Waals surface area (Å²) in [7, 11) is 0. The van der Waals surface area contributed by atoms with Crippen molar-refractivity contribution in [1.29, 1.82) is 0 Å². The summed E-state index contributed by atoms with van der Waals surface area (Å²) in [5.41, 5.74) is 5.22. The summed E-state index contributed by atoms with van der Waals surface area (Å²) in [6.45, 7) is 8.88. The number of benzene rings is 2. The van der Waals surface area contributed by atoms with E-state index in [2.05, 4.69) is 57.3 Å². The average Bonchev–Trinajstić information content (AvgIpc) is 2.87. The van der Waals surface area contributed by atoms with E-state index in [0.717, 1.165) is 35.6 Å². The molecule has 1 N–H and O–H groups in total. The Hall–Kier alpha value is -2.07. The number of aryl methyl sites for hydroxylation is 1. The minimum absolute atomic E-state index is 0.0265. The predicted molar refractivity (Wildman–Crippen MR) is 126 cm³/mol. The third kappa shape index (κ3) is 4.34. The molecular weight excluding hydrogens is 388 g/mol. The number of hydrogen-bond donors (Lipinski definition) is 1. The number of amides is 1. The second-order valence-corrected chi connectivity index (χ2v) is 10.0. The van der Waals surface area contributed by atoms with E-state index in [9.17, 15) is 4.79 Å². The van der Waals surface area contributed by atoms with Gasteiger partial charge in [-0.1, -0.05) is 63.4 Å². The van der Waals surface area contributed by atoms with Crippen LogP contribution in [-0.2, 0) is 0 Å². The molecule has 2 aromatic carbocycles. The number of carbonyl (C=O) groups excluding carboxylic acids is 1. The summed E-state index contributed by atoms with van der Waals surface area (Å²) in [5.74, 6) is 1.21. The van der Waals surface area contributed by atoms with Crippen LogP contribution in [0, 0.1) is 18.8 Å². The number of fused-ring (bicyclic) bond motifs is 2. The van der Waals surface area contributed by atoms with E-state index in [1.807, 2.05) is 12.1 Å². The lowest BCUT2D eigenvalue weighted by atomic mass is 9.78. The molecule has 4 heteroatoms. The molecule has 0 saturated heterocycles. The van der Waals surface area contributed by atoms with Gasteiger partial charge >= 0.3 is 0 Å². The minimum Gasteiger partial charge on any atom is -0.349 e. The minimum atomic E-state index is 0.0265. The van der Waals surface area contributed by atoms with Gasteiger partial charge < -0.3 is 5.32 Å². The zero-order chi connectivity index (χ0) is 21.3. The van der Waals surface area contributed by atoms with Crippen molar-refractivity contribution in [1.82, 2.24) is 5.32 Å². The van der Waals surface area contributed by atoms with Crippen LogP contribution in [0.2, 0.25) is 0 Å². The summed E-state index contributed by atoms with van der Waals surface area (Å²) >= 11 is 1.75. The molecule has 1 saturated carbocycles. The van der Waals surface area contributed by atoms with Crippen LogP contribution in [0.3, 0.4) is 0 Å². The SMILES string of the molecule is CCCC1=Nc2cc(C(=O)NC3CCCC(C)C3C)ccc2Sc2ccc(C)cc21. The quantitative estimate of drug-likeness (QED) is 0.582. The molecule has 3 unspecified atom stereocenters. The van der Waals surface area contributed by atoms with Crippen LogP contribution in [0.1, 0.15) is 74.4 Å². The Morgan fingerprint density at radius 1 is 1.13 bits per heavy atom. The van der Waals surface area contributed by atoms with Crippen LogP contribution >= 0.6 is 11.8 Å². The molecule has 30 heavy (non-hydrogen) atoms. The lowest BCUT2D eigenvalue weighted by Gasteiger charge is -2.34. The van der Waals surface area contributed by atoms with E-state index in [4.69, 9.17) is 4.99 Å². The summed E-state index contributed by atoms with van der Waals surface area (Å²) in [6, 6.07) is 12.8. The molecule has 1 heterocycles. The molecule has 0 aromatic heterocycles. The van der Waals surface area contributed by atoms with Gasteiger partial charge in [0.05, 0.1) is 5.69 Å². The van der Waals surface area contributed by atoms with Gasteiger partial charge in [-0.2, -0.15) is 0 Å². The number of carbonyl (C=O) groups is 1. The monoisotopic (exact) mass is 420 g/mol. The fourth-order valence-electron chi connectivity index (χ4n) is 4.58. The maximum Gasteiger partial charge on any atom is 0.251 e. The molecule has 0 radical (unpaired) electrons. The summed E-state index contributed by atoms with van der Waals surface area (Å²) in [6.07, 6.45) is 5.51. The van der Waals surface area contributed by atoms with Gasteiger partial charge in [0.15, 0.2) is 0 Å². The first kappa shape index (κ1) is 21.2. The normalized spacial score (nSPS) is 23.1. The second-order valence-electron chi connectivity index (χ2n) is 8.94. The van der Waals surface area contributed by atoms with Gasteiger partial charge in [-0.3, -0.25) is 9.79 Å². The Morgan fingerprint density at radius 3 is 2.73 bits per heavy atom. The molecule has 158 valence electrons.